The van der Waals surface area contributed by atoms with Crippen molar-refractivity contribution in [3.63, 3.8) is 0 Å². The van der Waals surface area contributed by atoms with Crippen molar-refractivity contribution >= 4 is 40.8 Å². The molecule has 0 fully saturated rings. The largest absolute Gasteiger partial charge is 0.454 e. The average molecular weight is 432 g/mol. The van der Waals surface area contributed by atoms with Gasteiger partial charge in [-0.1, -0.05) is 29.3 Å². The van der Waals surface area contributed by atoms with Crippen LogP contribution in [0.1, 0.15) is 5.56 Å². The Bertz CT molecular complexity index is 1130. The van der Waals surface area contributed by atoms with Gasteiger partial charge in [0.15, 0.2) is 11.5 Å². The fraction of sp³-hybridized carbons (Fsp3) is 0.100. The highest BCUT2D eigenvalue weighted by molar-refractivity contribution is 7.07. The molecule has 0 bridgehead atoms. The minimum Gasteiger partial charge on any atom is -0.454 e. The Morgan fingerprint density at radius 3 is 2.86 bits per heavy atom. The van der Waals surface area contributed by atoms with Crippen LogP contribution >= 0.6 is 34.5 Å². The van der Waals surface area contributed by atoms with E-state index in [0.717, 1.165) is 27.4 Å². The minimum absolute atomic E-state index is 0.233. The lowest BCUT2D eigenvalue weighted by Gasteiger charge is -2.06. The molecule has 4 rings (SSSR count). The molecule has 0 saturated heterocycles. The summed E-state index contributed by atoms with van der Waals surface area (Å²) in [6.45, 7) is 4.44. The van der Waals surface area contributed by atoms with Gasteiger partial charge in [-0.05, 0) is 42.0 Å². The molecule has 0 N–H and O–H groups in total. The molecule has 28 heavy (non-hydrogen) atoms. The Balaban J connectivity index is 1.79. The Kier molecular flexibility index (Phi) is 5.52. The van der Waals surface area contributed by atoms with Crippen LogP contribution in [0.2, 0.25) is 10.0 Å². The summed E-state index contributed by atoms with van der Waals surface area (Å²) in [7, 11) is 0. The fourth-order valence-corrected chi connectivity index (χ4v) is 3.88. The molecule has 2 heterocycles. The van der Waals surface area contributed by atoms with Crippen molar-refractivity contribution in [3.8, 4) is 22.8 Å². The van der Waals surface area contributed by atoms with E-state index in [0.29, 0.717) is 22.3 Å². The molecule has 0 aliphatic carbocycles. The molecule has 0 saturated carbocycles. The normalized spacial score (nSPS) is 13.4. The van der Waals surface area contributed by atoms with E-state index in [4.69, 9.17) is 32.7 Å². The summed E-state index contributed by atoms with van der Waals surface area (Å²) in [5, 5.41) is 7.78. The predicted octanol–water partition coefficient (Wildman–Crippen LogP) is 5.22. The summed E-state index contributed by atoms with van der Waals surface area (Å²) in [6, 6.07) is 11.0. The Hall–Kier alpha value is -2.54. The molecule has 8 heteroatoms. The third kappa shape index (κ3) is 3.85. The van der Waals surface area contributed by atoms with Crippen LogP contribution in [0.25, 0.3) is 11.3 Å². The zero-order valence-corrected chi connectivity index (χ0v) is 17.0. The molecule has 0 atom stereocenters. The van der Waals surface area contributed by atoms with Gasteiger partial charge in [0.25, 0.3) is 0 Å². The number of halogens is 2. The van der Waals surface area contributed by atoms with E-state index in [1.807, 2.05) is 29.6 Å². The van der Waals surface area contributed by atoms with Crippen molar-refractivity contribution in [3.05, 3.63) is 74.8 Å². The van der Waals surface area contributed by atoms with Gasteiger partial charge in [-0.3, -0.25) is 4.99 Å². The third-order valence-electron chi connectivity index (χ3n) is 3.96. The monoisotopic (exact) mass is 431 g/mol. The summed E-state index contributed by atoms with van der Waals surface area (Å²) in [6.07, 6.45) is 3.47. The van der Waals surface area contributed by atoms with Gasteiger partial charge < -0.3 is 9.47 Å². The number of hydrogen-bond donors (Lipinski definition) is 0. The van der Waals surface area contributed by atoms with Crippen LogP contribution in [0.3, 0.4) is 0 Å². The van der Waals surface area contributed by atoms with Gasteiger partial charge in [-0.15, -0.1) is 17.9 Å². The standard InChI is InChI=1S/C20H15Cl2N3O2S/c1-2-7-23-20-25(17(11-28-20)15-9-14(21)4-5-16(15)22)24-10-13-3-6-18-19(8-13)27-12-26-18/h2-6,8-11H,1,7,12H2. The molecule has 142 valence electrons. The highest BCUT2D eigenvalue weighted by Gasteiger charge is 2.14. The number of thiazole rings is 1. The van der Waals surface area contributed by atoms with Crippen molar-refractivity contribution in [2.24, 2.45) is 10.1 Å². The second-order valence-electron chi connectivity index (χ2n) is 5.83. The Morgan fingerprint density at radius 2 is 2.00 bits per heavy atom. The van der Waals surface area contributed by atoms with Crippen molar-refractivity contribution in [1.29, 1.82) is 0 Å². The van der Waals surface area contributed by atoms with E-state index >= 15 is 0 Å². The second-order valence-corrected chi connectivity index (χ2v) is 7.51. The molecule has 0 amide bonds. The molecule has 1 aliphatic rings. The van der Waals surface area contributed by atoms with Crippen molar-refractivity contribution in [2.45, 2.75) is 0 Å². The molecule has 0 radical (unpaired) electrons. The lowest BCUT2D eigenvalue weighted by Crippen LogP contribution is -2.12. The summed E-state index contributed by atoms with van der Waals surface area (Å²) in [5.41, 5.74) is 2.46. The van der Waals surface area contributed by atoms with Crippen LogP contribution in [0.4, 0.5) is 0 Å². The third-order valence-corrected chi connectivity index (χ3v) is 5.38. The quantitative estimate of drug-likeness (QED) is 0.410. The van der Waals surface area contributed by atoms with Gasteiger partial charge in [0, 0.05) is 16.0 Å². The lowest BCUT2D eigenvalue weighted by molar-refractivity contribution is 0.174. The van der Waals surface area contributed by atoms with Crippen LogP contribution in [-0.2, 0) is 0 Å². The molecular weight excluding hydrogens is 417 g/mol. The van der Waals surface area contributed by atoms with Gasteiger partial charge in [0.05, 0.1) is 23.5 Å². The summed E-state index contributed by atoms with van der Waals surface area (Å²) in [5.74, 6) is 1.43. The van der Waals surface area contributed by atoms with Crippen LogP contribution in [-0.4, -0.2) is 24.2 Å². The molecule has 0 unspecified atom stereocenters. The van der Waals surface area contributed by atoms with Gasteiger partial charge in [-0.25, -0.2) is 4.68 Å². The molecule has 1 aromatic heterocycles. The Labute approximate surface area is 175 Å². The molecule has 2 aromatic carbocycles. The number of rotatable bonds is 5. The first-order valence-electron chi connectivity index (χ1n) is 8.37. The predicted molar refractivity (Wildman–Crippen MR) is 114 cm³/mol. The molecule has 3 aromatic rings. The maximum Gasteiger partial charge on any atom is 0.231 e. The summed E-state index contributed by atoms with van der Waals surface area (Å²) < 4.78 is 12.5. The first kappa shape index (κ1) is 18.8. The van der Waals surface area contributed by atoms with Crippen LogP contribution in [0.5, 0.6) is 11.5 Å². The number of benzene rings is 2. The van der Waals surface area contributed by atoms with Crippen molar-refractivity contribution in [2.75, 3.05) is 13.3 Å². The number of nitrogens with zero attached hydrogens (tertiary/aromatic N) is 3. The SMILES string of the molecule is C=CCN=c1scc(-c2cc(Cl)ccc2Cl)n1N=Cc1ccc2c(c1)OCO2. The Morgan fingerprint density at radius 1 is 1.14 bits per heavy atom. The highest BCUT2D eigenvalue weighted by Crippen LogP contribution is 2.33. The number of aromatic nitrogens is 1. The number of hydrogen-bond acceptors (Lipinski definition) is 5. The fourth-order valence-electron chi connectivity index (χ4n) is 2.66. The van der Waals surface area contributed by atoms with Crippen LogP contribution in [0.15, 0.2) is 64.5 Å². The molecule has 0 spiro atoms. The van der Waals surface area contributed by atoms with Gasteiger partial charge in [0.1, 0.15) is 0 Å². The number of ether oxygens (including phenoxy) is 2. The zero-order valence-electron chi connectivity index (χ0n) is 14.6. The second kappa shape index (κ2) is 8.22. The van der Waals surface area contributed by atoms with E-state index in [1.165, 1.54) is 11.3 Å². The van der Waals surface area contributed by atoms with Gasteiger partial charge >= 0.3 is 0 Å². The first-order chi connectivity index (χ1) is 13.7. The van der Waals surface area contributed by atoms with Gasteiger partial charge in [-0.2, -0.15) is 5.10 Å². The minimum atomic E-state index is 0.233. The smallest absolute Gasteiger partial charge is 0.231 e. The molecular formula is C20H15Cl2N3O2S. The van der Waals surface area contributed by atoms with Crippen LogP contribution < -0.4 is 14.3 Å². The van der Waals surface area contributed by atoms with E-state index in [1.54, 1.807) is 29.1 Å². The summed E-state index contributed by atoms with van der Waals surface area (Å²) in [4.78, 5) is 5.25. The van der Waals surface area contributed by atoms with Crippen LogP contribution in [0, 0.1) is 0 Å². The first-order valence-corrected chi connectivity index (χ1v) is 10.0. The lowest BCUT2D eigenvalue weighted by atomic mass is 10.2. The molecule has 5 nitrogen and oxygen atoms in total. The molecule has 1 aliphatic heterocycles. The van der Waals surface area contributed by atoms with Gasteiger partial charge in [0.2, 0.25) is 11.6 Å². The average Bonchev–Trinajstić information content (AvgIpc) is 3.32. The van der Waals surface area contributed by atoms with Crippen molar-refractivity contribution < 1.29 is 9.47 Å². The maximum absolute atomic E-state index is 6.40. The van der Waals surface area contributed by atoms with Crippen molar-refractivity contribution in [1.82, 2.24) is 4.68 Å². The number of fused-ring (bicyclic) bond motifs is 1. The highest BCUT2D eigenvalue weighted by atomic mass is 35.5. The summed E-state index contributed by atoms with van der Waals surface area (Å²) >= 11 is 14.0. The van der Waals surface area contributed by atoms with E-state index < -0.39 is 0 Å². The topological polar surface area (TPSA) is 48.1 Å². The van der Waals surface area contributed by atoms with E-state index in [-0.39, 0.29) is 6.79 Å². The van der Waals surface area contributed by atoms with E-state index in [9.17, 15) is 0 Å². The maximum atomic E-state index is 6.40. The zero-order chi connectivity index (χ0) is 19.5. The van der Waals surface area contributed by atoms with E-state index in [2.05, 4.69) is 16.7 Å².